The van der Waals surface area contributed by atoms with Crippen LogP contribution >= 0.6 is 11.8 Å². The van der Waals surface area contributed by atoms with E-state index in [1.165, 1.54) is 0 Å². The highest BCUT2D eigenvalue weighted by Gasteiger charge is 2.12. The zero-order chi connectivity index (χ0) is 10.6. The van der Waals surface area contributed by atoms with Crippen molar-refractivity contribution in [2.75, 3.05) is 17.3 Å². The van der Waals surface area contributed by atoms with Crippen molar-refractivity contribution in [1.29, 1.82) is 0 Å². The van der Waals surface area contributed by atoms with E-state index >= 15 is 0 Å². The first-order valence-electron chi connectivity index (χ1n) is 4.45. The van der Waals surface area contributed by atoms with E-state index in [0.29, 0.717) is 5.82 Å². The van der Waals surface area contributed by atoms with Gasteiger partial charge in [-0.2, -0.15) is 16.9 Å². The Labute approximate surface area is 87.9 Å². The van der Waals surface area contributed by atoms with Crippen molar-refractivity contribution in [3.05, 3.63) is 11.8 Å². The molecule has 5 heteroatoms. The molecule has 1 aromatic heterocycles. The van der Waals surface area contributed by atoms with Crippen molar-refractivity contribution in [2.24, 2.45) is 5.92 Å². The van der Waals surface area contributed by atoms with Crippen LogP contribution in [0.3, 0.4) is 0 Å². The van der Waals surface area contributed by atoms with Crippen LogP contribution in [0.1, 0.15) is 12.6 Å². The van der Waals surface area contributed by atoms with Gasteiger partial charge in [0.2, 0.25) is 5.91 Å². The molecule has 0 aliphatic carbocycles. The highest BCUT2D eigenvalue weighted by Crippen LogP contribution is 2.09. The van der Waals surface area contributed by atoms with Crippen molar-refractivity contribution in [2.45, 2.75) is 13.8 Å². The molecule has 0 fully saturated rings. The van der Waals surface area contributed by atoms with Gasteiger partial charge in [-0.25, -0.2) is 0 Å². The van der Waals surface area contributed by atoms with Gasteiger partial charge in [-0.15, -0.1) is 0 Å². The van der Waals surface area contributed by atoms with E-state index in [2.05, 4.69) is 15.5 Å². The minimum atomic E-state index is 0.0157. The first-order chi connectivity index (χ1) is 6.63. The number of carbonyl (C=O) groups excluding carboxylic acids is 1. The smallest absolute Gasteiger partial charge is 0.229 e. The molecule has 1 amide bonds. The van der Waals surface area contributed by atoms with Crippen LogP contribution < -0.4 is 5.32 Å². The Morgan fingerprint density at radius 1 is 1.79 bits per heavy atom. The molecule has 4 nitrogen and oxygen atoms in total. The number of nitrogens with zero attached hydrogens (tertiary/aromatic N) is 1. The number of rotatable bonds is 4. The van der Waals surface area contributed by atoms with Gasteiger partial charge in [0, 0.05) is 23.4 Å². The number of H-pyrrole nitrogens is 1. The van der Waals surface area contributed by atoms with Crippen molar-refractivity contribution in [3.63, 3.8) is 0 Å². The maximum absolute atomic E-state index is 11.5. The molecular weight excluding hydrogens is 198 g/mol. The lowest BCUT2D eigenvalue weighted by Gasteiger charge is -2.08. The van der Waals surface area contributed by atoms with Gasteiger partial charge in [-0.1, -0.05) is 6.92 Å². The van der Waals surface area contributed by atoms with Gasteiger partial charge in [-0.3, -0.25) is 9.89 Å². The van der Waals surface area contributed by atoms with E-state index in [0.717, 1.165) is 11.4 Å². The van der Waals surface area contributed by atoms with Gasteiger partial charge in [0.25, 0.3) is 0 Å². The molecule has 78 valence electrons. The second kappa shape index (κ2) is 5.05. The molecule has 0 radical (unpaired) electrons. The van der Waals surface area contributed by atoms with Crippen molar-refractivity contribution in [1.82, 2.24) is 10.2 Å². The maximum atomic E-state index is 11.5. The molecule has 1 atom stereocenters. The minimum absolute atomic E-state index is 0.0157. The summed E-state index contributed by atoms with van der Waals surface area (Å²) in [5.74, 6) is 1.46. The van der Waals surface area contributed by atoms with Gasteiger partial charge in [0.05, 0.1) is 0 Å². The van der Waals surface area contributed by atoms with Gasteiger partial charge in [0.1, 0.15) is 0 Å². The first-order valence-corrected chi connectivity index (χ1v) is 5.84. The third kappa shape index (κ3) is 3.06. The first kappa shape index (κ1) is 11.1. The Kier molecular flexibility index (Phi) is 4.00. The number of aromatic amines is 1. The Bertz CT molecular complexity index is 311. The summed E-state index contributed by atoms with van der Waals surface area (Å²) in [5.41, 5.74) is 0.942. The normalized spacial score (nSPS) is 12.5. The SMILES string of the molecule is CSC[C@H](C)C(=O)Nc1cc(C)[nH]n1. The summed E-state index contributed by atoms with van der Waals surface area (Å²) in [7, 11) is 0. The quantitative estimate of drug-likeness (QED) is 0.799. The fourth-order valence-corrected chi connectivity index (χ4v) is 1.71. The molecule has 0 saturated heterocycles. The molecule has 0 unspecified atom stereocenters. The predicted molar refractivity (Wildman–Crippen MR) is 59.5 cm³/mol. The second-order valence-corrected chi connectivity index (χ2v) is 4.19. The summed E-state index contributed by atoms with van der Waals surface area (Å²) in [4.78, 5) is 11.5. The average Bonchev–Trinajstić information content (AvgIpc) is 2.51. The molecular formula is C9H15N3OS. The summed E-state index contributed by atoms with van der Waals surface area (Å²) < 4.78 is 0. The van der Waals surface area contributed by atoms with E-state index in [4.69, 9.17) is 0 Å². The molecule has 1 heterocycles. The predicted octanol–water partition coefficient (Wildman–Crippen LogP) is 1.66. The van der Waals surface area contributed by atoms with Gasteiger partial charge >= 0.3 is 0 Å². The summed E-state index contributed by atoms with van der Waals surface area (Å²) in [5, 5.41) is 9.46. The standard InChI is InChI=1S/C9H15N3OS/c1-6(5-14-3)9(13)10-8-4-7(2)11-12-8/h4,6H,5H2,1-3H3,(H2,10,11,12,13)/t6-/m0/s1. The average molecular weight is 213 g/mol. The van der Waals surface area contributed by atoms with Gasteiger partial charge in [-0.05, 0) is 13.2 Å². The molecule has 14 heavy (non-hydrogen) atoms. The fraction of sp³-hybridized carbons (Fsp3) is 0.556. The molecule has 0 bridgehead atoms. The number of amides is 1. The third-order valence-electron chi connectivity index (χ3n) is 1.82. The van der Waals surface area contributed by atoms with Crippen LogP contribution in [0.4, 0.5) is 5.82 Å². The molecule has 1 rings (SSSR count). The van der Waals surface area contributed by atoms with Gasteiger partial charge < -0.3 is 5.32 Å². The molecule has 1 aromatic rings. The molecule has 0 aliphatic rings. The summed E-state index contributed by atoms with van der Waals surface area (Å²) in [6, 6.07) is 1.81. The highest BCUT2D eigenvalue weighted by molar-refractivity contribution is 7.98. The summed E-state index contributed by atoms with van der Waals surface area (Å²) >= 11 is 1.66. The van der Waals surface area contributed by atoms with Gasteiger partial charge in [0.15, 0.2) is 5.82 Å². The van der Waals surface area contributed by atoms with Crippen LogP contribution in [0.25, 0.3) is 0 Å². The van der Waals surface area contributed by atoms with E-state index in [9.17, 15) is 4.79 Å². The Hall–Kier alpha value is -0.970. The monoisotopic (exact) mass is 213 g/mol. The summed E-state index contributed by atoms with van der Waals surface area (Å²) in [6.45, 7) is 3.80. The number of carbonyl (C=O) groups is 1. The van der Waals surface area contributed by atoms with Crippen LogP contribution in [-0.2, 0) is 4.79 Å². The fourth-order valence-electron chi connectivity index (χ4n) is 1.06. The summed E-state index contributed by atoms with van der Waals surface area (Å²) in [6.07, 6.45) is 1.99. The van der Waals surface area contributed by atoms with Crippen molar-refractivity contribution >= 4 is 23.5 Å². The number of anilines is 1. The number of hydrogen-bond donors (Lipinski definition) is 2. The lowest BCUT2D eigenvalue weighted by atomic mass is 10.2. The molecule has 0 aliphatic heterocycles. The number of aromatic nitrogens is 2. The minimum Gasteiger partial charge on any atom is -0.309 e. The molecule has 0 spiro atoms. The lowest BCUT2D eigenvalue weighted by molar-refractivity contribution is -0.118. The van der Waals surface area contributed by atoms with Crippen molar-refractivity contribution < 1.29 is 4.79 Å². The number of thioether (sulfide) groups is 1. The van der Waals surface area contributed by atoms with Crippen LogP contribution in [0.5, 0.6) is 0 Å². The number of nitrogens with one attached hydrogen (secondary N) is 2. The van der Waals surface area contributed by atoms with E-state index in [1.807, 2.05) is 26.2 Å². The largest absolute Gasteiger partial charge is 0.309 e. The Morgan fingerprint density at radius 3 is 3.00 bits per heavy atom. The second-order valence-electron chi connectivity index (χ2n) is 3.28. The number of aryl methyl sites for hydroxylation is 1. The lowest BCUT2D eigenvalue weighted by Crippen LogP contribution is -2.22. The zero-order valence-corrected chi connectivity index (χ0v) is 9.44. The van der Waals surface area contributed by atoms with Crippen LogP contribution in [0, 0.1) is 12.8 Å². The highest BCUT2D eigenvalue weighted by atomic mass is 32.2. The Morgan fingerprint density at radius 2 is 2.50 bits per heavy atom. The van der Waals surface area contributed by atoms with Crippen LogP contribution in [0.2, 0.25) is 0 Å². The molecule has 2 N–H and O–H groups in total. The van der Waals surface area contributed by atoms with Crippen LogP contribution in [-0.4, -0.2) is 28.1 Å². The van der Waals surface area contributed by atoms with E-state index in [-0.39, 0.29) is 11.8 Å². The topological polar surface area (TPSA) is 57.8 Å². The van der Waals surface area contributed by atoms with E-state index < -0.39 is 0 Å². The Balaban J connectivity index is 2.48. The molecule has 0 saturated carbocycles. The van der Waals surface area contributed by atoms with Crippen molar-refractivity contribution in [3.8, 4) is 0 Å². The maximum Gasteiger partial charge on any atom is 0.229 e. The molecule has 0 aromatic carbocycles. The third-order valence-corrected chi connectivity index (χ3v) is 2.65. The van der Waals surface area contributed by atoms with E-state index in [1.54, 1.807) is 11.8 Å². The number of hydrogen-bond acceptors (Lipinski definition) is 3. The zero-order valence-electron chi connectivity index (χ0n) is 8.63. The van der Waals surface area contributed by atoms with Crippen LogP contribution in [0.15, 0.2) is 6.07 Å².